The van der Waals surface area contributed by atoms with Gasteiger partial charge in [-0.1, -0.05) is 27.7 Å². The summed E-state index contributed by atoms with van der Waals surface area (Å²) in [5, 5.41) is 14.4. The van der Waals surface area contributed by atoms with Crippen LogP contribution in [-0.2, 0) is 6.42 Å². The first-order valence-electron chi connectivity index (χ1n) is 7.37. The Balaban J connectivity index is 2.87. The molecule has 0 bridgehead atoms. The molecule has 1 rings (SSSR count). The molecule has 0 aliphatic rings. The molecule has 0 saturated heterocycles. The molecule has 1 heterocycles. The van der Waals surface area contributed by atoms with Crippen LogP contribution in [0.5, 0.6) is 0 Å². The topological polar surface area (TPSA) is 64.1 Å². The minimum absolute atomic E-state index is 0.110. The van der Waals surface area contributed by atoms with E-state index in [0.29, 0.717) is 18.5 Å². The minimum Gasteiger partial charge on any atom is -0.396 e. The van der Waals surface area contributed by atoms with Gasteiger partial charge in [-0.2, -0.15) is 5.10 Å². The highest BCUT2D eigenvalue weighted by molar-refractivity contribution is 5.05. The summed E-state index contributed by atoms with van der Waals surface area (Å²) in [6, 6.07) is 2.52. The SMILES string of the molecule is CCC(CC)n1ccc(CC(CN)(CO)C(C)C)n1. The van der Waals surface area contributed by atoms with Crippen LogP contribution >= 0.6 is 0 Å². The van der Waals surface area contributed by atoms with E-state index in [0.717, 1.165) is 25.0 Å². The molecule has 19 heavy (non-hydrogen) atoms. The maximum atomic E-state index is 9.70. The van der Waals surface area contributed by atoms with E-state index >= 15 is 0 Å². The summed E-state index contributed by atoms with van der Waals surface area (Å²) >= 11 is 0. The summed E-state index contributed by atoms with van der Waals surface area (Å²) in [5.74, 6) is 0.334. The van der Waals surface area contributed by atoms with Gasteiger partial charge >= 0.3 is 0 Å². The maximum Gasteiger partial charge on any atom is 0.0631 e. The average molecular weight is 267 g/mol. The van der Waals surface area contributed by atoms with Crippen LogP contribution in [-0.4, -0.2) is 28.0 Å². The van der Waals surface area contributed by atoms with Crippen molar-refractivity contribution in [2.45, 2.75) is 53.0 Å². The number of nitrogens with two attached hydrogens (primary N) is 1. The van der Waals surface area contributed by atoms with Gasteiger partial charge in [0.1, 0.15) is 0 Å². The lowest BCUT2D eigenvalue weighted by atomic mass is 9.74. The van der Waals surface area contributed by atoms with Gasteiger partial charge in [-0.15, -0.1) is 0 Å². The fraction of sp³-hybridized carbons (Fsp3) is 0.800. The molecule has 0 aromatic carbocycles. The van der Waals surface area contributed by atoms with Crippen molar-refractivity contribution in [1.82, 2.24) is 9.78 Å². The van der Waals surface area contributed by atoms with Gasteiger partial charge in [0.05, 0.1) is 18.3 Å². The first-order valence-corrected chi connectivity index (χ1v) is 7.37. The van der Waals surface area contributed by atoms with Crippen LogP contribution in [0.1, 0.15) is 52.3 Å². The van der Waals surface area contributed by atoms with E-state index in [-0.39, 0.29) is 12.0 Å². The van der Waals surface area contributed by atoms with Crippen molar-refractivity contribution >= 4 is 0 Å². The van der Waals surface area contributed by atoms with Crippen LogP contribution in [0, 0.1) is 11.3 Å². The average Bonchev–Trinajstić information content (AvgIpc) is 2.85. The second kappa shape index (κ2) is 7.06. The standard InChI is InChI=1S/C15H29N3O/c1-5-14(6-2)18-8-7-13(17-18)9-15(10-16,11-19)12(3)4/h7-8,12,14,19H,5-6,9-11,16H2,1-4H3. The van der Waals surface area contributed by atoms with Crippen molar-refractivity contribution < 1.29 is 5.11 Å². The number of hydrogen-bond donors (Lipinski definition) is 2. The fourth-order valence-corrected chi connectivity index (χ4v) is 2.51. The highest BCUT2D eigenvalue weighted by Gasteiger charge is 2.32. The number of aromatic nitrogens is 2. The number of nitrogens with zero attached hydrogens (tertiary/aromatic N) is 2. The molecular formula is C15H29N3O. The largest absolute Gasteiger partial charge is 0.396 e. The molecule has 0 fully saturated rings. The van der Waals surface area contributed by atoms with Gasteiger partial charge in [-0.3, -0.25) is 4.68 Å². The third kappa shape index (κ3) is 3.57. The Morgan fingerprint density at radius 2 is 2.00 bits per heavy atom. The first-order chi connectivity index (χ1) is 9.02. The van der Waals surface area contributed by atoms with Crippen LogP contribution in [0.4, 0.5) is 0 Å². The third-order valence-corrected chi connectivity index (χ3v) is 4.46. The molecule has 3 N–H and O–H groups in total. The van der Waals surface area contributed by atoms with Gasteiger partial charge < -0.3 is 10.8 Å². The number of hydrogen-bond acceptors (Lipinski definition) is 3. The Morgan fingerprint density at radius 3 is 2.42 bits per heavy atom. The summed E-state index contributed by atoms with van der Waals surface area (Å²) in [5.41, 5.74) is 6.66. The molecule has 0 aliphatic heterocycles. The predicted molar refractivity (Wildman–Crippen MR) is 79.0 cm³/mol. The lowest BCUT2D eigenvalue weighted by Gasteiger charge is -2.34. The number of rotatable bonds is 8. The molecule has 1 unspecified atom stereocenters. The monoisotopic (exact) mass is 267 g/mol. The predicted octanol–water partition coefficient (Wildman–Crippen LogP) is 2.38. The van der Waals surface area contributed by atoms with E-state index in [9.17, 15) is 5.11 Å². The molecule has 4 nitrogen and oxygen atoms in total. The molecule has 1 atom stereocenters. The van der Waals surface area contributed by atoms with E-state index in [4.69, 9.17) is 5.73 Å². The van der Waals surface area contributed by atoms with Crippen molar-refractivity contribution in [3.8, 4) is 0 Å². The highest BCUT2D eigenvalue weighted by atomic mass is 16.3. The Kier molecular flexibility index (Phi) is 6.01. The van der Waals surface area contributed by atoms with Crippen LogP contribution < -0.4 is 5.73 Å². The second-order valence-electron chi connectivity index (χ2n) is 5.81. The molecule has 0 radical (unpaired) electrons. The number of aliphatic hydroxyl groups is 1. The molecule has 1 aromatic heterocycles. The third-order valence-electron chi connectivity index (χ3n) is 4.46. The zero-order valence-corrected chi connectivity index (χ0v) is 12.8. The van der Waals surface area contributed by atoms with Gasteiger partial charge in [-0.05, 0) is 24.8 Å². The van der Waals surface area contributed by atoms with E-state index in [2.05, 4.69) is 38.9 Å². The molecular weight excluding hydrogens is 238 g/mol. The van der Waals surface area contributed by atoms with Gasteiger partial charge in [0.15, 0.2) is 0 Å². The summed E-state index contributed by atoms with van der Waals surface area (Å²) < 4.78 is 2.05. The molecule has 0 aliphatic carbocycles. The summed E-state index contributed by atoms with van der Waals surface area (Å²) in [6.07, 6.45) is 4.96. The van der Waals surface area contributed by atoms with E-state index in [1.165, 1.54) is 0 Å². The van der Waals surface area contributed by atoms with Gasteiger partial charge in [0.2, 0.25) is 0 Å². The van der Waals surface area contributed by atoms with Crippen molar-refractivity contribution in [1.29, 1.82) is 0 Å². The summed E-state index contributed by atoms with van der Waals surface area (Å²) in [6.45, 7) is 9.18. The fourth-order valence-electron chi connectivity index (χ4n) is 2.51. The van der Waals surface area contributed by atoms with E-state index in [1.54, 1.807) is 0 Å². The van der Waals surface area contributed by atoms with Gasteiger partial charge in [-0.25, -0.2) is 0 Å². The summed E-state index contributed by atoms with van der Waals surface area (Å²) in [7, 11) is 0. The normalized spacial score (nSPS) is 15.2. The molecule has 0 saturated carbocycles. The Morgan fingerprint density at radius 1 is 1.37 bits per heavy atom. The second-order valence-corrected chi connectivity index (χ2v) is 5.81. The zero-order valence-electron chi connectivity index (χ0n) is 12.8. The van der Waals surface area contributed by atoms with Crippen LogP contribution in [0.3, 0.4) is 0 Å². The molecule has 0 spiro atoms. The Hall–Kier alpha value is -0.870. The molecule has 110 valence electrons. The molecule has 0 amide bonds. The van der Waals surface area contributed by atoms with Crippen molar-refractivity contribution in [2.24, 2.45) is 17.1 Å². The Labute approximate surface area is 117 Å². The van der Waals surface area contributed by atoms with E-state index < -0.39 is 0 Å². The highest BCUT2D eigenvalue weighted by Crippen LogP contribution is 2.30. The van der Waals surface area contributed by atoms with Crippen LogP contribution in [0.15, 0.2) is 12.3 Å². The molecule has 4 heteroatoms. The smallest absolute Gasteiger partial charge is 0.0631 e. The van der Waals surface area contributed by atoms with E-state index in [1.807, 2.05) is 10.9 Å². The zero-order chi connectivity index (χ0) is 14.5. The van der Waals surface area contributed by atoms with Crippen LogP contribution in [0.2, 0.25) is 0 Å². The quantitative estimate of drug-likeness (QED) is 0.760. The minimum atomic E-state index is -0.257. The van der Waals surface area contributed by atoms with Crippen LogP contribution in [0.25, 0.3) is 0 Å². The maximum absolute atomic E-state index is 9.70. The van der Waals surface area contributed by atoms with Crippen molar-refractivity contribution in [2.75, 3.05) is 13.2 Å². The lowest BCUT2D eigenvalue weighted by molar-refractivity contribution is 0.0830. The van der Waals surface area contributed by atoms with Gasteiger partial charge in [0.25, 0.3) is 0 Å². The Bertz CT molecular complexity index is 365. The molecule has 1 aromatic rings. The van der Waals surface area contributed by atoms with Crippen molar-refractivity contribution in [3.05, 3.63) is 18.0 Å². The first kappa shape index (κ1) is 16.2. The lowest BCUT2D eigenvalue weighted by Crippen LogP contribution is -2.41. The summed E-state index contributed by atoms with van der Waals surface area (Å²) in [4.78, 5) is 0. The van der Waals surface area contributed by atoms with Crippen molar-refractivity contribution in [3.63, 3.8) is 0 Å². The number of aliphatic hydroxyl groups excluding tert-OH is 1. The van der Waals surface area contributed by atoms with Gasteiger partial charge in [0, 0.05) is 24.6 Å².